The molecule has 1 aromatic heterocycles. The molecule has 1 atom stereocenters. The number of guanidine groups is 1. The zero-order chi connectivity index (χ0) is 20.5. The van der Waals surface area contributed by atoms with Crippen molar-refractivity contribution in [3.63, 3.8) is 0 Å². The molecule has 158 valence electrons. The van der Waals surface area contributed by atoms with Crippen molar-refractivity contribution < 1.29 is 4.52 Å². The van der Waals surface area contributed by atoms with Gasteiger partial charge in [0, 0.05) is 49.7 Å². The largest absolute Gasteiger partial charge is 0.356 e. The summed E-state index contributed by atoms with van der Waals surface area (Å²) in [5, 5.41) is 11.4. The van der Waals surface area contributed by atoms with Gasteiger partial charge in [0.2, 0.25) is 11.7 Å². The summed E-state index contributed by atoms with van der Waals surface area (Å²) in [6, 6.07) is 8.16. The summed E-state index contributed by atoms with van der Waals surface area (Å²) < 4.78 is 5.35. The van der Waals surface area contributed by atoms with Crippen LogP contribution >= 0.6 is 11.6 Å². The second-order valence-electron chi connectivity index (χ2n) is 7.29. The first-order valence-corrected chi connectivity index (χ1v) is 10.8. The van der Waals surface area contributed by atoms with Crippen molar-refractivity contribution in [1.29, 1.82) is 0 Å². The molecule has 2 N–H and O–H groups in total. The Bertz CT molecular complexity index is 793. The number of aromatic nitrogens is 2. The summed E-state index contributed by atoms with van der Waals surface area (Å²) in [6.07, 6.45) is 5.85. The fraction of sp³-hybridized carbons (Fsp3) is 0.571. The average molecular weight is 419 g/mol. The number of nitrogens with one attached hydrogen (secondary N) is 2. The van der Waals surface area contributed by atoms with Crippen LogP contribution in [0, 0.1) is 0 Å². The highest BCUT2D eigenvalue weighted by molar-refractivity contribution is 6.30. The zero-order valence-corrected chi connectivity index (χ0v) is 18.1. The van der Waals surface area contributed by atoms with E-state index in [0.717, 1.165) is 30.7 Å². The van der Waals surface area contributed by atoms with Gasteiger partial charge in [-0.2, -0.15) is 4.98 Å². The molecule has 1 saturated heterocycles. The maximum absolute atomic E-state index is 6.02. The lowest BCUT2D eigenvalue weighted by Gasteiger charge is -2.35. The van der Waals surface area contributed by atoms with Crippen LogP contribution in [0.2, 0.25) is 5.02 Å². The maximum atomic E-state index is 6.02. The third-order valence-electron chi connectivity index (χ3n) is 5.32. The van der Waals surface area contributed by atoms with Crippen LogP contribution in [0.3, 0.4) is 0 Å². The Morgan fingerprint density at radius 3 is 2.97 bits per heavy atom. The van der Waals surface area contributed by atoms with Crippen molar-refractivity contribution in [2.75, 3.05) is 33.2 Å². The van der Waals surface area contributed by atoms with E-state index in [4.69, 9.17) is 16.1 Å². The third kappa shape index (κ3) is 6.44. The monoisotopic (exact) mass is 418 g/mol. The van der Waals surface area contributed by atoms with E-state index in [1.54, 1.807) is 7.05 Å². The highest BCUT2D eigenvalue weighted by Gasteiger charge is 2.20. The highest BCUT2D eigenvalue weighted by atomic mass is 35.5. The van der Waals surface area contributed by atoms with E-state index in [-0.39, 0.29) is 0 Å². The van der Waals surface area contributed by atoms with Crippen LogP contribution in [0.4, 0.5) is 0 Å². The first-order valence-electron chi connectivity index (χ1n) is 10.5. The van der Waals surface area contributed by atoms with Crippen molar-refractivity contribution in [1.82, 2.24) is 25.7 Å². The molecule has 1 aliphatic heterocycles. The van der Waals surface area contributed by atoms with E-state index < -0.39 is 0 Å². The van der Waals surface area contributed by atoms with Gasteiger partial charge in [-0.05, 0) is 37.9 Å². The number of hydrogen-bond donors (Lipinski definition) is 2. The lowest BCUT2D eigenvalue weighted by molar-refractivity contribution is 0.147. The van der Waals surface area contributed by atoms with E-state index in [1.807, 2.05) is 24.3 Å². The van der Waals surface area contributed by atoms with Crippen LogP contribution in [0.5, 0.6) is 0 Å². The van der Waals surface area contributed by atoms with Gasteiger partial charge in [-0.15, -0.1) is 0 Å². The first-order chi connectivity index (χ1) is 14.2. The van der Waals surface area contributed by atoms with Gasteiger partial charge in [0.05, 0.1) is 0 Å². The number of aliphatic imine (C=N–C) groups is 1. The molecule has 0 saturated carbocycles. The number of likely N-dealkylation sites (tertiary alicyclic amines) is 1. The van der Waals surface area contributed by atoms with Crippen LogP contribution in [0.1, 0.15) is 38.5 Å². The SMILES string of the molecule is CCC1CCCCN1CCNC(=NC)NCCc1nc(-c2cccc(Cl)c2)no1. The van der Waals surface area contributed by atoms with Crippen LogP contribution in [-0.2, 0) is 6.42 Å². The molecule has 0 spiro atoms. The van der Waals surface area contributed by atoms with Gasteiger partial charge >= 0.3 is 0 Å². The first kappa shape index (κ1) is 21.6. The molecule has 1 aliphatic rings. The Hall–Kier alpha value is -2.12. The fourth-order valence-electron chi connectivity index (χ4n) is 3.74. The van der Waals surface area contributed by atoms with Gasteiger partial charge in [0.1, 0.15) is 0 Å². The fourth-order valence-corrected chi connectivity index (χ4v) is 3.93. The maximum Gasteiger partial charge on any atom is 0.228 e. The molecule has 29 heavy (non-hydrogen) atoms. The average Bonchev–Trinajstić information content (AvgIpc) is 3.22. The van der Waals surface area contributed by atoms with Gasteiger partial charge in [0.15, 0.2) is 5.96 Å². The summed E-state index contributed by atoms with van der Waals surface area (Å²) >= 11 is 6.02. The molecular weight excluding hydrogens is 388 g/mol. The number of benzene rings is 1. The molecule has 7 nitrogen and oxygen atoms in total. The summed E-state index contributed by atoms with van der Waals surface area (Å²) in [4.78, 5) is 11.3. The Morgan fingerprint density at radius 2 is 2.17 bits per heavy atom. The molecule has 1 unspecified atom stereocenters. The summed E-state index contributed by atoms with van der Waals surface area (Å²) in [5.41, 5.74) is 0.848. The van der Waals surface area contributed by atoms with Crippen molar-refractivity contribution in [2.24, 2.45) is 4.99 Å². The highest BCUT2D eigenvalue weighted by Crippen LogP contribution is 2.20. The number of rotatable bonds is 8. The minimum Gasteiger partial charge on any atom is -0.356 e. The molecule has 8 heteroatoms. The van der Waals surface area contributed by atoms with Gasteiger partial charge in [-0.1, -0.05) is 42.2 Å². The second-order valence-corrected chi connectivity index (χ2v) is 7.73. The lowest BCUT2D eigenvalue weighted by Crippen LogP contribution is -2.46. The Balaban J connectivity index is 1.40. The Labute approximate surface area is 177 Å². The van der Waals surface area contributed by atoms with Crippen molar-refractivity contribution in [3.8, 4) is 11.4 Å². The molecule has 1 fully saturated rings. The second kappa shape index (κ2) is 11.2. The predicted molar refractivity (Wildman–Crippen MR) is 117 cm³/mol. The van der Waals surface area contributed by atoms with E-state index in [9.17, 15) is 0 Å². The number of hydrogen-bond acceptors (Lipinski definition) is 5. The predicted octanol–water partition coefficient (Wildman–Crippen LogP) is 3.36. The molecule has 0 radical (unpaired) electrons. The molecule has 3 rings (SSSR count). The minimum atomic E-state index is 0.553. The van der Waals surface area contributed by atoms with Crippen LogP contribution in [0.25, 0.3) is 11.4 Å². The Kier molecular flexibility index (Phi) is 8.31. The van der Waals surface area contributed by atoms with E-state index in [2.05, 4.69) is 37.6 Å². The topological polar surface area (TPSA) is 78.6 Å². The molecule has 0 amide bonds. The van der Waals surface area contributed by atoms with Gasteiger partial charge < -0.3 is 15.2 Å². The van der Waals surface area contributed by atoms with E-state index in [1.165, 1.54) is 32.2 Å². The van der Waals surface area contributed by atoms with Crippen molar-refractivity contribution >= 4 is 17.6 Å². The van der Waals surface area contributed by atoms with Crippen LogP contribution in [0.15, 0.2) is 33.8 Å². The molecule has 2 heterocycles. The molecule has 0 aliphatic carbocycles. The third-order valence-corrected chi connectivity index (χ3v) is 5.55. The number of piperidine rings is 1. The normalized spacial score (nSPS) is 18.0. The Morgan fingerprint density at radius 1 is 1.31 bits per heavy atom. The van der Waals surface area contributed by atoms with Crippen molar-refractivity contribution in [3.05, 3.63) is 35.2 Å². The van der Waals surface area contributed by atoms with Gasteiger partial charge in [-0.25, -0.2) is 0 Å². The molecule has 1 aromatic carbocycles. The standard InChI is InChI=1S/C21H31ClN6O/c1-3-18-9-4-5-13-28(18)14-12-25-21(23-2)24-11-10-19-26-20(27-29-19)16-7-6-8-17(22)15-16/h6-8,15,18H,3-5,9-14H2,1-2H3,(H2,23,24,25). The minimum absolute atomic E-state index is 0.553. The van der Waals surface area contributed by atoms with E-state index in [0.29, 0.717) is 29.7 Å². The summed E-state index contributed by atoms with van der Waals surface area (Å²) in [6.45, 7) is 6.09. The molecule has 2 aromatic rings. The summed E-state index contributed by atoms with van der Waals surface area (Å²) in [5.74, 6) is 1.93. The number of halogens is 1. The zero-order valence-electron chi connectivity index (χ0n) is 17.3. The van der Waals surface area contributed by atoms with Crippen LogP contribution < -0.4 is 10.6 Å². The van der Waals surface area contributed by atoms with E-state index >= 15 is 0 Å². The lowest BCUT2D eigenvalue weighted by atomic mass is 10.0. The summed E-state index contributed by atoms with van der Waals surface area (Å²) in [7, 11) is 1.79. The van der Waals surface area contributed by atoms with Gasteiger partial charge in [-0.3, -0.25) is 9.89 Å². The van der Waals surface area contributed by atoms with Crippen molar-refractivity contribution in [2.45, 2.75) is 45.1 Å². The van der Waals surface area contributed by atoms with Gasteiger partial charge in [0.25, 0.3) is 0 Å². The smallest absolute Gasteiger partial charge is 0.228 e. The van der Waals surface area contributed by atoms with Crippen LogP contribution in [-0.4, -0.2) is 60.3 Å². The quantitative estimate of drug-likeness (QED) is 0.505. The molecular formula is C21H31ClN6O. The molecule has 0 bridgehead atoms. The number of nitrogens with zero attached hydrogens (tertiary/aromatic N) is 4.